The number of amides is 1. The van der Waals surface area contributed by atoms with Gasteiger partial charge in [-0.1, -0.05) is 36.4 Å². The van der Waals surface area contributed by atoms with Crippen LogP contribution in [0.15, 0.2) is 47.3 Å². The van der Waals surface area contributed by atoms with E-state index >= 15 is 0 Å². The quantitative estimate of drug-likeness (QED) is 0.234. The van der Waals surface area contributed by atoms with Crippen LogP contribution in [0.25, 0.3) is 22.3 Å². The largest absolute Gasteiger partial charge is 0.394 e. The van der Waals surface area contributed by atoms with E-state index in [-0.39, 0.29) is 23.1 Å². The number of carbonyl (C=O) groups is 1. The maximum Gasteiger partial charge on any atom is 0.280 e. The summed E-state index contributed by atoms with van der Waals surface area (Å²) >= 11 is 0. The molecule has 0 bridgehead atoms. The van der Waals surface area contributed by atoms with E-state index in [1.165, 1.54) is 16.4 Å². The van der Waals surface area contributed by atoms with Crippen LogP contribution in [0, 0.1) is 0 Å². The Labute approximate surface area is 209 Å². The van der Waals surface area contributed by atoms with E-state index in [0.29, 0.717) is 12.1 Å². The number of hydrogen-bond acceptors (Lipinski definition) is 9. The number of nitrogens with one attached hydrogen (secondary N) is 1. The van der Waals surface area contributed by atoms with Crippen molar-refractivity contribution in [3.63, 3.8) is 0 Å². The molecule has 1 fully saturated rings. The molecule has 2 aromatic carbocycles. The first kappa shape index (κ1) is 23.3. The number of nitrogen functional groups attached to an aromatic ring is 1. The van der Waals surface area contributed by atoms with E-state index in [1.807, 2.05) is 36.4 Å². The molecule has 2 aliphatic rings. The summed E-state index contributed by atoms with van der Waals surface area (Å²) in [6.45, 7) is 0.794. The molecule has 6 N–H and O–H groups in total. The number of hydrogen-bond donors (Lipinski definition) is 5. The average Bonchev–Trinajstić information content (AvgIpc) is 3.51. The number of H-pyrrole nitrogens is 1. The van der Waals surface area contributed by atoms with Crippen LogP contribution < -0.4 is 16.2 Å². The minimum atomic E-state index is -1.52. The highest BCUT2D eigenvalue weighted by molar-refractivity contribution is 6.01. The van der Waals surface area contributed by atoms with Crippen LogP contribution >= 0.6 is 0 Å². The topological polar surface area (TPSA) is 180 Å². The van der Waals surface area contributed by atoms with E-state index in [9.17, 15) is 24.9 Å². The summed E-state index contributed by atoms with van der Waals surface area (Å²) in [4.78, 5) is 38.4. The molecule has 2 aromatic heterocycles. The zero-order chi connectivity index (χ0) is 26.0. The second-order valence-corrected chi connectivity index (χ2v) is 9.13. The molecule has 0 unspecified atom stereocenters. The van der Waals surface area contributed by atoms with Crippen molar-refractivity contribution in [2.75, 3.05) is 17.2 Å². The van der Waals surface area contributed by atoms with Gasteiger partial charge in [0.25, 0.3) is 5.56 Å². The first-order chi connectivity index (χ1) is 17.8. The number of anilines is 3. The molecule has 1 amide bonds. The molecule has 12 nitrogen and oxygen atoms in total. The summed E-state index contributed by atoms with van der Waals surface area (Å²) in [5.41, 5.74) is 9.53. The number of benzene rings is 2. The number of aromatic nitrogens is 4. The Kier molecular flexibility index (Phi) is 5.35. The monoisotopic (exact) mass is 504 g/mol. The molecule has 1 aliphatic heterocycles. The fourth-order valence-electron chi connectivity index (χ4n) is 5.24. The number of fused-ring (bicyclic) bond motifs is 4. The van der Waals surface area contributed by atoms with Crippen molar-refractivity contribution in [3.05, 3.63) is 63.9 Å². The van der Waals surface area contributed by atoms with Gasteiger partial charge in [-0.2, -0.15) is 4.98 Å². The van der Waals surface area contributed by atoms with Gasteiger partial charge in [0.15, 0.2) is 17.4 Å². The maximum atomic E-state index is 13.2. The van der Waals surface area contributed by atoms with Crippen molar-refractivity contribution in [1.82, 2.24) is 19.5 Å². The average molecular weight is 505 g/mol. The number of nitrogens with zero attached hydrogens (tertiary/aromatic N) is 4. The Balaban J connectivity index is 1.60. The normalized spacial score (nSPS) is 22.3. The zero-order valence-electron chi connectivity index (χ0n) is 19.7. The lowest BCUT2D eigenvalue weighted by atomic mass is 10.0. The van der Waals surface area contributed by atoms with Crippen molar-refractivity contribution >= 4 is 34.7 Å². The summed E-state index contributed by atoms with van der Waals surface area (Å²) in [5.74, 6) is -0.676. The summed E-state index contributed by atoms with van der Waals surface area (Å²) in [6, 6.07) is 13.5. The van der Waals surface area contributed by atoms with Crippen LogP contribution in [0.2, 0.25) is 0 Å². The van der Waals surface area contributed by atoms with Gasteiger partial charge in [0.2, 0.25) is 17.8 Å². The zero-order valence-corrected chi connectivity index (χ0v) is 19.7. The summed E-state index contributed by atoms with van der Waals surface area (Å²) < 4.78 is 7.03. The van der Waals surface area contributed by atoms with Crippen molar-refractivity contribution in [2.24, 2.45) is 0 Å². The fraction of sp³-hybridized carbons (Fsp3) is 0.280. The number of carbonyl (C=O) groups excluding carboxylic acids is 1. The van der Waals surface area contributed by atoms with E-state index in [1.54, 1.807) is 6.07 Å². The predicted molar refractivity (Wildman–Crippen MR) is 133 cm³/mol. The van der Waals surface area contributed by atoms with Crippen LogP contribution in [0.4, 0.5) is 17.6 Å². The molecule has 4 aromatic rings. The van der Waals surface area contributed by atoms with Gasteiger partial charge in [0, 0.05) is 13.3 Å². The number of ether oxygens (including phenoxy) is 1. The first-order valence-electron chi connectivity index (χ1n) is 11.7. The van der Waals surface area contributed by atoms with Crippen molar-refractivity contribution in [2.45, 2.75) is 37.9 Å². The van der Waals surface area contributed by atoms with Gasteiger partial charge < -0.3 is 25.8 Å². The van der Waals surface area contributed by atoms with Crippen LogP contribution in [0.1, 0.15) is 24.3 Å². The summed E-state index contributed by atoms with van der Waals surface area (Å²) in [6.07, 6.45) is -4.80. The Hall–Kier alpha value is -4.10. The lowest BCUT2D eigenvalue weighted by Crippen LogP contribution is -2.34. The third-order valence-electron chi connectivity index (χ3n) is 6.90. The molecular weight excluding hydrogens is 480 g/mol. The molecule has 4 atom stereocenters. The first-order valence-corrected chi connectivity index (χ1v) is 11.7. The molecular formula is C25H24N6O6. The third-order valence-corrected chi connectivity index (χ3v) is 6.90. The molecule has 190 valence electrons. The van der Waals surface area contributed by atoms with Gasteiger partial charge in [-0.3, -0.25) is 19.1 Å². The number of aliphatic hydroxyl groups excluding tert-OH is 3. The second-order valence-electron chi connectivity index (χ2n) is 9.13. The maximum absolute atomic E-state index is 13.2. The highest BCUT2D eigenvalue weighted by Gasteiger charge is 2.46. The van der Waals surface area contributed by atoms with Crippen molar-refractivity contribution in [1.29, 1.82) is 0 Å². The van der Waals surface area contributed by atoms with Gasteiger partial charge >= 0.3 is 0 Å². The molecule has 12 heteroatoms. The molecule has 1 aliphatic carbocycles. The van der Waals surface area contributed by atoms with Gasteiger partial charge in [-0.05, 0) is 28.3 Å². The highest BCUT2D eigenvalue weighted by Crippen LogP contribution is 2.44. The lowest BCUT2D eigenvalue weighted by Gasteiger charge is -2.27. The molecule has 1 saturated heterocycles. The summed E-state index contributed by atoms with van der Waals surface area (Å²) in [7, 11) is 0. The Morgan fingerprint density at radius 3 is 2.65 bits per heavy atom. The van der Waals surface area contributed by atoms with Gasteiger partial charge in [0.1, 0.15) is 18.3 Å². The Morgan fingerprint density at radius 1 is 1.16 bits per heavy atom. The van der Waals surface area contributed by atoms with E-state index in [0.717, 1.165) is 22.3 Å². The third kappa shape index (κ3) is 3.45. The number of nitrogens with two attached hydrogens (primary N) is 1. The minimum Gasteiger partial charge on any atom is -0.394 e. The van der Waals surface area contributed by atoms with Gasteiger partial charge in [-0.15, -0.1) is 0 Å². The van der Waals surface area contributed by atoms with Gasteiger partial charge in [-0.25, -0.2) is 9.88 Å². The Bertz CT molecular complexity index is 1610. The smallest absolute Gasteiger partial charge is 0.280 e. The van der Waals surface area contributed by atoms with E-state index in [4.69, 9.17) is 10.5 Å². The number of aliphatic hydroxyl groups is 3. The molecule has 6 rings (SSSR count). The van der Waals surface area contributed by atoms with Crippen LogP contribution in [0.3, 0.4) is 0 Å². The molecule has 0 radical (unpaired) electrons. The lowest BCUT2D eigenvalue weighted by molar-refractivity contribution is -0.116. The minimum absolute atomic E-state index is 0.0480. The standard InChI is InChI=1S/C25H24N6O6/c1-11(33)30(16-8-4-7-14-13-6-3-2-5-12(13)9-15(14)16)25-27-18-21(28-24(26)29-22(18)36)31(25)23-20(35)19(34)17(10-32)37-23/h2-8,17,19-20,23,32,34-35H,9-10H2,1H3,(H3,26,28,29,36)/t17-,19-,20-,23-/m1/s1. The number of rotatable bonds is 4. The highest BCUT2D eigenvalue weighted by atomic mass is 16.6. The number of aromatic amines is 1. The molecule has 0 spiro atoms. The van der Waals surface area contributed by atoms with Crippen molar-refractivity contribution < 1.29 is 24.9 Å². The molecule has 37 heavy (non-hydrogen) atoms. The van der Waals surface area contributed by atoms with E-state index < -0.39 is 42.6 Å². The molecule has 0 saturated carbocycles. The Morgan fingerprint density at radius 2 is 1.92 bits per heavy atom. The SMILES string of the molecule is CC(=O)N(c1cccc2c1Cc1ccccc1-2)c1nc2c(=O)[nH]c(N)nc2n1[C@@H]1O[C@H](CO)[C@@H](O)[C@H]1O. The predicted octanol–water partition coefficient (Wildman–Crippen LogP) is 0.569. The van der Waals surface area contributed by atoms with Crippen LogP contribution in [0.5, 0.6) is 0 Å². The summed E-state index contributed by atoms with van der Waals surface area (Å²) in [5, 5.41) is 30.9. The fourth-order valence-corrected chi connectivity index (χ4v) is 5.24. The second kappa shape index (κ2) is 8.49. The van der Waals surface area contributed by atoms with Crippen molar-refractivity contribution in [3.8, 4) is 11.1 Å². The van der Waals surface area contributed by atoms with Crippen LogP contribution in [-0.2, 0) is 16.0 Å². The molecule has 3 heterocycles. The van der Waals surface area contributed by atoms with Crippen LogP contribution in [-0.4, -0.2) is 65.7 Å². The van der Waals surface area contributed by atoms with Gasteiger partial charge in [0.05, 0.1) is 12.3 Å². The van der Waals surface area contributed by atoms with E-state index in [2.05, 4.69) is 15.0 Å². The number of imidazole rings is 1.